The van der Waals surface area contributed by atoms with Gasteiger partial charge >= 0.3 is 17.9 Å². The van der Waals surface area contributed by atoms with Gasteiger partial charge in [-0.2, -0.15) is 0 Å². The molecule has 45 heavy (non-hydrogen) atoms. The molecular weight excluding hydrogens is 564 g/mol. The Kier molecular flexibility index (Phi) is 32.7. The molecule has 0 aliphatic carbocycles. The van der Waals surface area contributed by atoms with Crippen molar-refractivity contribution in [3.8, 4) is 0 Å². The van der Waals surface area contributed by atoms with E-state index in [1.807, 2.05) is 0 Å². The zero-order valence-electron chi connectivity index (χ0n) is 29.4. The van der Waals surface area contributed by atoms with Gasteiger partial charge in [0.15, 0.2) is 6.10 Å². The third kappa shape index (κ3) is 32.8. The van der Waals surface area contributed by atoms with Crippen LogP contribution in [-0.4, -0.2) is 37.2 Å². The SMILES string of the molecule is CC/C=C\C/C=C\C/C=C\CCCCCCCC(=O)OCC(COC(=O)CCCCCCC)OC(=O)CCCCCCCCC. The topological polar surface area (TPSA) is 78.9 Å². The summed E-state index contributed by atoms with van der Waals surface area (Å²) in [6, 6.07) is 0. The van der Waals surface area contributed by atoms with Crippen LogP contribution in [0.3, 0.4) is 0 Å². The standard InChI is InChI=1S/C39H68O6/c1-4-7-10-13-15-16-17-18-19-20-21-22-24-26-29-32-38(41)44-35-36(34-43-37(40)31-28-25-12-9-6-3)45-39(42)33-30-27-23-14-11-8-5-2/h7,10,15-16,18-19,36H,4-6,8-9,11-14,17,20-35H2,1-3H3/b10-7-,16-15-,19-18-. The summed E-state index contributed by atoms with van der Waals surface area (Å²) in [5, 5.41) is 0. The maximum Gasteiger partial charge on any atom is 0.306 e. The first-order valence-electron chi connectivity index (χ1n) is 18.5. The lowest BCUT2D eigenvalue weighted by Gasteiger charge is -2.18. The third-order valence-corrected chi connectivity index (χ3v) is 7.66. The van der Waals surface area contributed by atoms with Crippen LogP contribution in [0.1, 0.15) is 175 Å². The molecule has 0 aliphatic rings. The summed E-state index contributed by atoms with van der Waals surface area (Å²) in [7, 11) is 0. The van der Waals surface area contributed by atoms with E-state index in [0.717, 1.165) is 103 Å². The first-order valence-corrected chi connectivity index (χ1v) is 18.5. The Morgan fingerprint density at radius 2 is 0.867 bits per heavy atom. The fourth-order valence-corrected chi connectivity index (χ4v) is 4.86. The van der Waals surface area contributed by atoms with Crippen LogP contribution < -0.4 is 0 Å². The lowest BCUT2D eigenvalue weighted by molar-refractivity contribution is -0.167. The number of carbonyl (C=O) groups is 3. The van der Waals surface area contributed by atoms with E-state index in [2.05, 4.69) is 57.2 Å². The molecule has 6 heteroatoms. The Morgan fingerprint density at radius 3 is 1.36 bits per heavy atom. The van der Waals surface area contributed by atoms with E-state index in [4.69, 9.17) is 14.2 Å². The molecule has 0 bridgehead atoms. The van der Waals surface area contributed by atoms with Crippen molar-refractivity contribution in [3.63, 3.8) is 0 Å². The Balaban J connectivity index is 4.26. The molecule has 6 nitrogen and oxygen atoms in total. The number of hydrogen-bond acceptors (Lipinski definition) is 6. The summed E-state index contributed by atoms with van der Waals surface area (Å²) in [6.45, 7) is 6.35. The average Bonchev–Trinajstić information content (AvgIpc) is 3.03. The molecule has 0 aromatic rings. The van der Waals surface area contributed by atoms with Gasteiger partial charge in [-0.3, -0.25) is 14.4 Å². The van der Waals surface area contributed by atoms with Crippen molar-refractivity contribution in [2.75, 3.05) is 13.2 Å². The number of carbonyl (C=O) groups excluding carboxylic acids is 3. The first kappa shape index (κ1) is 42.6. The highest BCUT2D eigenvalue weighted by Gasteiger charge is 2.19. The molecule has 0 spiro atoms. The van der Waals surface area contributed by atoms with Gasteiger partial charge in [0.1, 0.15) is 13.2 Å². The van der Waals surface area contributed by atoms with Gasteiger partial charge in [0.2, 0.25) is 0 Å². The average molecular weight is 633 g/mol. The Labute approximate surface area is 276 Å². The number of allylic oxidation sites excluding steroid dienone is 6. The molecule has 0 aromatic carbocycles. The molecule has 0 fully saturated rings. The fourth-order valence-electron chi connectivity index (χ4n) is 4.86. The van der Waals surface area contributed by atoms with Crippen LogP contribution in [0, 0.1) is 0 Å². The highest BCUT2D eigenvalue weighted by molar-refractivity contribution is 5.71. The maximum atomic E-state index is 12.5. The summed E-state index contributed by atoms with van der Waals surface area (Å²) >= 11 is 0. The first-order chi connectivity index (χ1) is 22.0. The van der Waals surface area contributed by atoms with Gasteiger partial charge in [0.25, 0.3) is 0 Å². The molecule has 0 heterocycles. The number of esters is 3. The van der Waals surface area contributed by atoms with Crippen LogP contribution >= 0.6 is 0 Å². The van der Waals surface area contributed by atoms with Gasteiger partial charge in [0, 0.05) is 19.3 Å². The fraction of sp³-hybridized carbons (Fsp3) is 0.769. The van der Waals surface area contributed by atoms with Crippen LogP contribution in [-0.2, 0) is 28.6 Å². The zero-order chi connectivity index (χ0) is 33.1. The van der Waals surface area contributed by atoms with Crippen LogP contribution in [0.25, 0.3) is 0 Å². The van der Waals surface area contributed by atoms with Crippen molar-refractivity contribution in [3.05, 3.63) is 36.5 Å². The summed E-state index contributed by atoms with van der Waals surface area (Å²) in [5.41, 5.74) is 0. The van der Waals surface area contributed by atoms with Crippen LogP contribution in [0.5, 0.6) is 0 Å². The normalized spacial score (nSPS) is 12.3. The van der Waals surface area contributed by atoms with Gasteiger partial charge < -0.3 is 14.2 Å². The highest BCUT2D eigenvalue weighted by atomic mass is 16.6. The summed E-state index contributed by atoms with van der Waals surface area (Å²) < 4.78 is 16.4. The Morgan fingerprint density at radius 1 is 0.467 bits per heavy atom. The van der Waals surface area contributed by atoms with Crippen molar-refractivity contribution in [1.82, 2.24) is 0 Å². The minimum Gasteiger partial charge on any atom is -0.462 e. The van der Waals surface area contributed by atoms with E-state index < -0.39 is 6.10 Å². The summed E-state index contributed by atoms with van der Waals surface area (Å²) in [5.74, 6) is -0.924. The second-order valence-corrected chi connectivity index (χ2v) is 12.1. The predicted molar refractivity (Wildman–Crippen MR) is 187 cm³/mol. The molecule has 0 aliphatic heterocycles. The third-order valence-electron chi connectivity index (χ3n) is 7.66. The van der Waals surface area contributed by atoms with Gasteiger partial charge in [-0.15, -0.1) is 0 Å². The van der Waals surface area contributed by atoms with Crippen molar-refractivity contribution < 1.29 is 28.6 Å². The second kappa shape index (κ2) is 34.5. The van der Waals surface area contributed by atoms with Crippen molar-refractivity contribution in [2.45, 2.75) is 181 Å². The van der Waals surface area contributed by atoms with E-state index in [0.29, 0.717) is 19.3 Å². The number of ether oxygens (including phenoxy) is 3. The molecule has 260 valence electrons. The van der Waals surface area contributed by atoms with Crippen LogP contribution in [0.15, 0.2) is 36.5 Å². The number of rotatable bonds is 32. The molecular formula is C39H68O6. The van der Waals surface area contributed by atoms with E-state index in [9.17, 15) is 14.4 Å². The quantitative estimate of drug-likeness (QED) is 0.0318. The number of unbranched alkanes of at least 4 members (excludes halogenated alkanes) is 15. The zero-order valence-corrected chi connectivity index (χ0v) is 29.4. The molecule has 1 unspecified atom stereocenters. The maximum absolute atomic E-state index is 12.5. The van der Waals surface area contributed by atoms with Gasteiger partial charge in [0.05, 0.1) is 0 Å². The molecule has 0 saturated heterocycles. The molecule has 0 radical (unpaired) electrons. The lowest BCUT2D eigenvalue weighted by Crippen LogP contribution is -2.30. The van der Waals surface area contributed by atoms with E-state index in [1.165, 1.54) is 32.1 Å². The summed E-state index contributed by atoms with van der Waals surface area (Å²) in [6.07, 6.45) is 36.0. The molecule has 0 aromatic heterocycles. The van der Waals surface area contributed by atoms with Crippen LogP contribution in [0.4, 0.5) is 0 Å². The van der Waals surface area contributed by atoms with Gasteiger partial charge in [-0.05, 0) is 51.4 Å². The van der Waals surface area contributed by atoms with E-state index in [1.54, 1.807) is 0 Å². The molecule has 0 amide bonds. The second-order valence-electron chi connectivity index (χ2n) is 12.1. The van der Waals surface area contributed by atoms with Crippen molar-refractivity contribution in [2.24, 2.45) is 0 Å². The highest BCUT2D eigenvalue weighted by Crippen LogP contribution is 2.12. The molecule has 0 rings (SSSR count). The van der Waals surface area contributed by atoms with Crippen molar-refractivity contribution in [1.29, 1.82) is 0 Å². The van der Waals surface area contributed by atoms with Gasteiger partial charge in [-0.1, -0.05) is 141 Å². The Bertz CT molecular complexity index is 784. The van der Waals surface area contributed by atoms with E-state index in [-0.39, 0.29) is 31.1 Å². The predicted octanol–water partition coefficient (Wildman–Crippen LogP) is 11.1. The molecule has 0 N–H and O–H groups in total. The van der Waals surface area contributed by atoms with E-state index >= 15 is 0 Å². The summed E-state index contributed by atoms with van der Waals surface area (Å²) in [4.78, 5) is 37.0. The lowest BCUT2D eigenvalue weighted by atomic mass is 10.1. The van der Waals surface area contributed by atoms with Crippen molar-refractivity contribution >= 4 is 17.9 Å². The molecule has 0 saturated carbocycles. The minimum atomic E-state index is -0.767. The monoisotopic (exact) mass is 633 g/mol. The Hall–Kier alpha value is -2.37. The smallest absolute Gasteiger partial charge is 0.306 e. The number of hydrogen-bond donors (Lipinski definition) is 0. The largest absolute Gasteiger partial charge is 0.462 e. The molecule has 1 atom stereocenters. The van der Waals surface area contributed by atoms with Crippen LogP contribution in [0.2, 0.25) is 0 Å². The van der Waals surface area contributed by atoms with Gasteiger partial charge in [-0.25, -0.2) is 0 Å². The minimum absolute atomic E-state index is 0.0785.